The van der Waals surface area contributed by atoms with Gasteiger partial charge in [-0.15, -0.1) is 0 Å². The summed E-state index contributed by atoms with van der Waals surface area (Å²) < 4.78 is 0. The van der Waals surface area contributed by atoms with Gasteiger partial charge in [-0.05, 0) is 31.9 Å². The Morgan fingerprint density at radius 2 is 2.17 bits per heavy atom. The molecule has 1 N–H and O–H groups in total. The maximum absolute atomic E-state index is 10.6. The van der Waals surface area contributed by atoms with Crippen molar-refractivity contribution in [2.45, 2.75) is 25.4 Å². The summed E-state index contributed by atoms with van der Waals surface area (Å²) >= 11 is 0. The predicted molar refractivity (Wildman–Crippen MR) is 70.8 cm³/mol. The zero-order valence-electron chi connectivity index (χ0n) is 10.8. The largest absolute Gasteiger partial charge is 0.384 e. The van der Waals surface area contributed by atoms with Crippen molar-refractivity contribution in [1.29, 1.82) is 5.26 Å². The van der Waals surface area contributed by atoms with Gasteiger partial charge in [-0.1, -0.05) is 30.3 Å². The molecule has 0 saturated carbocycles. The number of benzene rings is 1. The molecule has 0 amide bonds. The molecule has 1 aliphatic heterocycles. The molecule has 2 atom stereocenters. The molecule has 1 aromatic rings. The lowest BCUT2D eigenvalue weighted by Gasteiger charge is -2.35. The van der Waals surface area contributed by atoms with Crippen LogP contribution in [0, 0.1) is 17.2 Å². The first-order valence-corrected chi connectivity index (χ1v) is 6.52. The third-order valence-corrected chi connectivity index (χ3v) is 3.62. The van der Waals surface area contributed by atoms with Crippen LogP contribution in [0.25, 0.3) is 0 Å². The molecule has 3 heteroatoms. The second-order valence-electron chi connectivity index (χ2n) is 5.34. The Balaban J connectivity index is 2.02. The molecule has 2 rings (SSSR count). The second-order valence-corrected chi connectivity index (χ2v) is 5.34. The molecule has 1 saturated heterocycles. The molecule has 1 fully saturated rings. The molecular formula is C15H20N2O. The van der Waals surface area contributed by atoms with E-state index in [-0.39, 0.29) is 5.92 Å². The lowest BCUT2D eigenvalue weighted by Crippen LogP contribution is -2.43. The summed E-state index contributed by atoms with van der Waals surface area (Å²) in [5.74, 6) is 0.116. The Hall–Kier alpha value is -1.37. The van der Waals surface area contributed by atoms with Gasteiger partial charge in [-0.3, -0.25) is 4.90 Å². The van der Waals surface area contributed by atoms with Crippen LogP contribution in [0.3, 0.4) is 0 Å². The predicted octanol–water partition coefficient (Wildman–Crippen LogP) is 2.13. The van der Waals surface area contributed by atoms with Crippen molar-refractivity contribution in [3.05, 3.63) is 35.9 Å². The molecule has 0 aliphatic carbocycles. The van der Waals surface area contributed by atoms with Crippen molar-refractivity contribution < 1.29 is 5.11 Å². The number of hydrogen-bond acceptors (Lipinski definition) is 3. The number of rotatable bonds is 3. The van der Waals surface area contributed by atoms with E-state index in [1.165, 1.54) is 0 Å². The van der Waals surface area contributed by atoms with E-state index in [0.29, 0.717) is 6.54 Å². The molecule has 0 bridgehead atoms. The number of likely N-dealkylation sites (tertiary alicyclic amines) is 1. The van der Waals surface area contributed by atoms with Crippen molar-refractivity contribution in [3.8, 4) is 6.07 Å². The quantitative estimate of drug-likeness (QED) is 0.886. The summed E-state index contributed by atoms with van der Waals surface area (Å²) in [4.78, 5) is 2.20. The van der Waals surface area contributed by atoms with Gasteiger partial charge in [0.1, 0.15) is 0 Å². The topological polar surface area (TPSA) is 47.3 Å². The summed E-state index contributed by atoms with van der Waals surface area (Å²) in [6, 6.07) is 12.1. The number of hydrogen-bond donors (Lipinski definition) is 1. The Morgan fingerprint density at radius 1 is 1.44 bits per heavy atom. The maximum atomic E-state index is 10.6. The smallest absolute Gasteiger partial charge is 0.0994 e. The number of piperidine rings is 1. The Kier molecular flexibility index (Phi) is 4.00. The van der Waals surface area contributed by atoms with Gasteiger partial charge < -0.3 is 5.11 Å². The molecule has 1 aliphatic rings. The standard InChI is InChI=1S/C15H20N2O/c1-15(18,14-7-3-2-4-8-14)12-17-9-5-6-13(10-16)11-17/h2-4,7-8,13,18H,5-6,9,11-12H2,1H3. The number of β-amino-alcohol motifs (C(OH)–C–C–N with tert-alkyl or cyclic N) is 1. The summed E-state index contributed by atoms with van der Waals surface area (Å²) in [5, 5.41) is 19.6. The SMILES string of the molecule is CC(O)(CN1CCCC(C#N)C1)c1ccccc1. The van der Waals surface area contributed by atoms with Gasteiger partial charge in [0.25, 0.3) is 0 Å². The van der Waals surface area contributed by atoms with Crippen molar-refractivity contribution in [2.75, 3.05) is 19.6 Å². The Bertz CT molecular complexity index is 422. The third kappa shape index (κ3) is 3.10. The van der Waals surface area contributed by atoms with Crippen LogP contribution in [0.1, 0.15) is 25.3 Å². The first-order valence-electron chi connectivity index (χ1n) is 6.52. The Morgan fingerprint density at radius 3 is 2.83 bits per heavy atom. The van der Waals surface area contributed by atoms with Gasteiger partial charge >= 0.3 is 0 Å². The van der Waals surface area contributed by atoms with Crippen LogP contribution < -0.4 is 0 Å². The van der Waals surface area contributed by atoms with Gasteiger partial charge in [0.15, 0.2) is 0 Å². The minimum absolute atomic E-state index is 0.116. The van der Waals surface area contributed by atoms with Crippen LogP contribution in [0.5, 0.6) is 0 Å². The average Bonchev–Trinajstić information content (AvgIpc) is 2.39. The van der Waals surface area contributed by atoms with Crippen LogP contribution in [0.2, 0.25) is 0 Å². The highest BCUT2D eigenvalue weighted by Gasteiger charge is 2.29. The molecular weight excluding hydrogens is 224 g/mol. The summed E-state index contributed by atoms with van der Waals surface area (Å²) in [6.07, 6.45) is 2.03. The third-order valence-electron chi connectivity index (χ3n) is 3.62. The Labute approximate surface area is 109 Å². The minimum atomic E-state index is -0.849. The minimum Gasteiger partial charge on any atom is -0.384 e. The highest BCUT2D eigenvalue weighted by atomic mass is 16.3. The van der Waals surface area contributed by atoms with Crippen LogP contribution in [0.15, 0.2) is 30.3 Å². The molecule has 1 aromatic carbocycles. The van der Waals surface area contributed by atoms with Gasteiger partial charge in [0.2, 0.25) is 0 Å². The van der Waals surface area contributed by atoms with E-state index < -0.39 is 5.60 Å². The molecule has 18 heavy (non-hydrogen) atoms. The first kappa shape index (κ1) is 13.1. The van der Waals surface area contributed by atoms with Gasteiger partial charge in [0.05, 0.1) is 17.6 Å². The van der Waals surface area contributed by atoms with Gasteiger partial charge in [-0.2, -0.15) is 5.26 Å². The maximum Gasteiger partial charge on any atom is 0.0994 e. The van der Waals surface area contributed by atoms with E-state index >= 15 is 0 Å². The highest BCUT2D eigenvalue weighted by Crippen LogP contribution is 2.24. The van der Waals surface area contributed by atoms with E-state index in [4.69, 9.17) is 5.26 Å². The molecule has 1 heterocycles. The molecule has 96 valence electrons. The molecule has 2 unspecified atom stereocenters. The monoisotopic (exact) mass is 244 g/mol. The van der Waals surface area contributed by atoms with Gasteiger partial charge in [0, 0.05) is 13.1 Å². The average molecular weight is 244 g/mol. The molecule has 0 radical (unpaired) electrons. The lowest BCUT2D eigenvalue weighted by atomic mass is 9.93. The van der Waals surface area contributed by atoms with E-state index in [9.17, 15) is 5.11 Å². The van der Waals surface area contributed by atoms with Crippen molar-refractivity contribution in [3.63, 3.8) is 0 Å². The van der Waals surface area contributed by atoms with Crippen molar-refractivity contribution in [2.24, 2.45) is 5.92 Å². The number of nitrogens with zero attached hydrogens (tertiary/aromatic N) is 2. The van der Waals surface area contributed by atoms with E-state index in [1.54, 1.807) is 0 Å². The fraction of sp³-hybridized carbons (Fsp3) is 0.533. The van der Waals surface area contributed by atoms with Crippen molar-refractivity contribution in [1.82, 2.24) is 4.90 Å². The van der Waals surface area contributed by atoms with E-state index in [1.807, 2.05) is 37.3 Å². The summed E-state index contributed by atoms with van der Waals surface area (Å²) in [5.41, 5.74) is 0.0857. The van der Waals surface area contributed by atoms with E-state index in [2.05, 4.69) is 11.0 Å². The van der Waals surface area contributed by atoms with Crippen LogP contribution in [0.4, 0.5) is 0 Å². The lowest BCUT2D eigenvalue weighted by molar-refractivity contribution is 0.00662. The fourth-order valence-electron chi connectivity index (χ4n) is 2.63. The second kappa shape index (κ2) is 5.51. The summed E-state index contributed by atoms with van der Waals surface area (Å²) in [7, 11) is 0. The van der Waals surface area contributed by atoms with Crippen LogP contribution >= 0.6 is 0 Å². The number of aliphatic hydroxyl groups is 1. The van der Waals surface area contributed by atoms with Gasteiger partial charge in [-0.25, -0.2) is 0 Å². The summed E-state index contributed by atoms with van der Waals surface area (Å²) in [6.45, 7) is 4.19. The van der Waals surface area contributed by atoms with E-state index in [0.717, 1.165) is 31.5 Å². The normalized spacial score (nSPS) is 24.2. The van der Waals surface area contributed by atoms with Crippen molar-refractivity contribution >= 4 is 0 Å². The molecule has 0 aromatic heterocycles. The molecule has 3 nitrogen and oxygen atoms in total. The zero-order valence-corrected chi connectivity index (χ0v) is 10.8. The van der Waals surface area contributed by atoms with Crippen LogP contribution in [-0.4, -0.2) is 29.6 Å². The van der Waals surface area contributed by atoms with Crippen LogP contribution in [-0.2, 0) is 5.60 Å². The first-order chi connectivity index (χ1) is 8.62. The highest BCUT2D eigenvalue weighted by molar-refractivity contribution is 5.21. The zero-order chi connectivity index (χ0) is 13.0. The fourth-order valence-corrected chi connectivity index (χ4v) is 2.63. The molecule has 0 spiro atoms. The number of nitriles is 1.